The Bertz CT molecular complexity index is 665. The van der Waals surface area contributed by atoms with Crippen molar-refractivity contribution in [2.45, 2.75) is 32.4 Å². The predicted octanol–water partition coefficient (Wildman–Crippen LogP) is 5.50. The number of thiol groups is 1. The molecule has 2 rings (SSSR count). The van der Waals surface area contributed by atoms with E-state index in [2.05, 4.69) is 51.3 Å². The lowest BCUT2D eigenvalue weighted by Crippen LogP contribution is -1.98. The molecule has 0 fully saturated rings. The highest BCUT2D eigenvalue weighted by molar-refractivity contribution is 8.15. The largest absolute Gasteiger partial charge is 0.253 e. The van der Waals surface area contributed by atoms with Gasteiger partial charge in [0.25, 0.3) is 0 Å². The number of hydrogen-bond acceptors (Lipinski definition) is 1. The number of hydrogen-bond donors (Lipinski definition) is 1. The van der Waals surface area contributed by atoms with E-state index < -0.39 is 0 Å². The van der Waals surface area contributed by atoms with E-state index in [4.69, 9.17) is 5.26 Å². The maximum atomic E-state index is 8.92. The van der Waals surface area contributed by atoms with Crippen LogP contribution in [-0.4, -0.2) is 12.0 Å². The minimum absolute atomic E-state index is 0.0723. The van der Waals surface area contributed by atoms with Crippen molar-refractivity contribution in [2.24, 2.45) is 0 Å². The molecule has 116 valence electrons. The molecule has 0 spiro atoms. The van der Waals surface area contributed by atoms with Crippen LogP contribution in [0.4, 0.5) is 0 Å². The normalized spacial score (nSPS) is 13.0. The second-order valence-electron chi connectivity index (χ2n) is 6.09. The van der Waals surface area contributed by atoms with Gasteiger partial charge in [-0.05, 0) is 52.3 Å². The van der Waals surface area contributed by atoms with Crippen LogP contribution in [0.5, 0.6) is 0 Å². The molecule has 1 atom stereocenters. The van der Waals surface area contributed by atoms with Gasteiger partial charge in [0.15, 0.2) is 0 Å². The van der Waals surface area contributed by atoms with E-state index in [-0.39, 0.29) is 10.9 Å². The molecule has 0 aliphatic heterocycles. The van der Waals surface area contributed by atoms with E-state index >= 15 is 0 Å². The van der Waals surface area contributed by atoms with Crippen molar-refractivity contribution in [3.05, 3.63) is 59.2 Å². The Hall–Kier alpha value is -1.72. The van der Waals surface area contributed by atoms with E-state index in [0.29, 0.717) is 11.5 Å². The smallest absolute Gasteiger partial charge is 0.0991 e. The van der Waals surface area contributed by atoms with Crippen molar-refractivity contribution in [3.8, 4) is 17.2 Å². The first kappa shape index (κ1) is 16.6. The van der Waals surface area contributed by atoms with Crippen LogP contribution < -0.4 is 0 Å². The average Bonchev–Trinajstić information content (AvgIpc) is 2.54. The fraction of sp³-hybridized carbons (Fsp3) is 0.350. The monoisotopic (exact) mass is 311 g/mol. The average molecular weight is 311 g/mol. The van der Waals surface area contributed by atoms with Gasteiger partial charge in [0, 0.05) is 5.75 Å². The van der Waals surface area contributed by atoms with Gasteiger partial charge in [-0.1, -0.05) is 51.1 Å². The third kappa shape index (κ3) is 3.93. The summed E-state index contributed by atoms with van der Waals surface area (Å²) in [4.78, 5) is 0. The first-order valence-electron chi connectivity index (χ1n) is 7.87. The molecule has 0 aliphatic rings. The van der Waals surface area contributed by atoms with Crippen LogP contribution in [0.3, 0.4) is 0 Å². The van der Waals surface area contributed by atoms with Crippen molar-refractivity contribution in [1.82, 2.24) is 0 Å². The highest BCUT2D eigenvalue weighted by Crippen LogP contribution is 2.33. The van der Waals surface area contributed by atoms with E-state index in [1.807, 2.05) is 24.3 Å². The van der Waals surface area contributed by atoms with Gasteiger partial charge >= 0.3 is 0 Å². The minimum Gasteiger partial charge on any atom is -0.253 e. The molecule has 1 nitrogen and oxygen atoms in total. The quantitative estimate of drug-likeness (QED) is 0.724. The zero-order chi connectivity index (χ0) is 16.1. The van der Waals surface area contributed by atoms with Gasteiger partial charge in [0.1, 0.15) is 0 Å². The van der Waals surface area contributed by atoms with Crippen molar-refractivity contribution in [3.63, 3.8) is 0 Å². The van der Waals surface area contributed by atoms with Crippen LogP contribution >= 0.6 is 10.9 Å². The maximum Gasteiger partial charge on any atom is 0.0991 e. The van der Waals surface area contributed by atoms with E-state index in [1.165, 1.54) is 33.8 Å². The Morgan fingerprint density at radius 3 is 2.23 bits per heavy atom. The molecule has 0 bridgehead atoms. The zero-order valence-electron chi connectivity index (χ0n) is 13.9. The van der Waals surface area contributed by atoms with Crippen LogP contribution in [0.1, 0.15) is 43.4 Å². The van der Waals surface area contributed by atoms with Gasteiger partial charge < -0.3 is 0 Å². The van der Waals surface area contributed by atoms with Crippen molar-refractivity contribution in [1.29, 1.82) is 5.26 Å². The van der Waals surface area contributed by atoms with E-state index in [0.717, 1.165) is 0 Å². The summed E-state index contributed by atoms with van der Waals surface area (Å²) in [6.45, 7) is 6.82. The van der Waals surface area contributed by atoms with Crippen LogP contribution in [0, 0.1) is 11.3 Å². The SMILES string of the molecule is CC[SH](C)Cc1cc(-c2ccc(C#N)cc2)ccc1C(C)C. The van der Waals surface area contributed by atoms with E-state index in [9.17, 15) is 0 Å². The standard InChI is InChI=1S/C20H25NS/c1-5-22(4)14-19-12-18(10-11-20(19)15(2)3)17-8-6-16(13-21)7-9-17/h6-12,15,22H,5,14H2,1-4H3. The molecule has 1 unspecified atom stereocenters. The van der Waals surface area contributed by atoms with Gasteiger partial charge in [-0.15, -0.1) is 0 Å². The first-order valence-corrected chi connectivity index (χ1v) is 10.0. The summed E-state index contributed by atoms with van der Waals surface area (Å²) < 4.78 is 0. The summed E-state index contributed by atoms with van der Waals surface area (Å²) in [5.74, 6) is 3.03. The summed E-state index contributed by atoms with van der Waals surface area (Å²) in [7, 11) is 0.0723. The second-order valence-corrected chi connectivity index (χ2v) is 8.75. The lowest BCUT2D eigenvalue weighted by molar-refractivity contribution is 0.855. The fourth-order valence-corrected chi connectivity index (χ4v) is 3.70. The van der Waals surface area contributed by atoms with Crippen molar-refractivity contribution >= 4 is 10.9 Å². The summed E-state index contributed by atoms with van der Waals surface area (Å²) in [6.07, 6.45) is 2.38. The Morgan fingerprint density at radius 1 is 1.05 bits per heavy atom. The molecule has 0 aliphatic carbocycles. The molecular formula is C20H25NS. The van der Waals surface area contributed by atoms with Gasteiger partial charge in [0.2, 0.25) is 0 Å². The van der Waals surface area contributed by atoms with Crippen LogP contribution in [0.15, 0.2) is 42.5 Å². The predicted molar refractivity (Wildman–Crippen MR) is 99.8 cm³/mol. The third-order valence-corrected chi connectivity index (χ3v) is 6.05. The molecule has 0 saturated heterocycles. The molecule has 0 aromatic heterocycles. The summed E-state index contributed by atoms with van der Waals surface area (Å²) >= 11 is 0. The number of rotatable bonds is 5. The molecule has 0 heterocycles. The molecule has 2 aromatic carbocycles. The highest BCUT2D eigenvalue weighted by atomic mass is 32.2. The summed E-state index contributed by atoms with van der Waals surface area (Å²) in [6, 6.07) is 16.9. The topological polar surface area (TPSA) is 23.8 Å². The lowest BCUT2D eigenvalue weighted by atomic mass is 9.94. The molecule has 2 heteroatoms. The van der Waals surface area contributed by atoms with Crippen LogP contribution in [0.25, 0.3) is 11.1 Å². The number of nitrogens with zero attached hydrogens (tertiary/aromatic N) is 1. The summed E-state index contributed by atoms with van der Waals surface area (Å²) in [5.41, 5.74) is 6.12. The van der Waals surface area contributed by atoms with Crippen molar-refractivity contribution in [2.75, 3.05) is 12.0 Å². The number of benzene rings is 2. The molecule has 0 radical (unpaired) electrons. The molecule has 22 heavy (non-hydrogen) atoms. The third-order valence-electron chi connectivity index (χ3n) is 4.09. The lowest BCUT2D eigenvalue weighted by Gasteiger charge is -2.19. The molecule has 0 N–H and O–H groups in total. The zero-order valence-corrected chi connectivity index (χ0v) is 14.8. The van der Waals surface area contributed by atoms with E-state index in [1.54, 1.807) is 0 Å². The molecule has 2 aromatic rings. The van der Waals surface area contributed by atoms with Gasteiger partial charge in [0.05, 0.1) is 11.6 Å². The number of nitriles is 1. The highest BCUT2D eigenvalue weighted by Gasteiger charge is 2.10. The van der Waals surface area contributed by atoms with Gasteiger partial charge in [-0.3, -0.25) is 10.9 Å². The molecule has 0 saturated carbocycles. The first-order chi connectivity index (χ1) is 10.5. The maximum absolute atomic E-state index is 8.92. The van der Waals surface area contributed by atoms with Crippen molar-refractivity contribution < 1.29 is 0 Å². The second kappa shape index (κ2) is 7.51. The van der Waals surface area contributed by atoms with Crippen LogP contribution in [-0.2, 0) is 5.75 Å². The van der Waals surface area contributed by atoms with Gasteiger partial charge in [-0.2, -0.15) is 5.26 Å². The van der Waals surface area contributed by atoms with Gasteiger partial charge in [-0.25, -0.2) is 0 Å². The fourth-order valence-electron chi connectivity index (χ4n) is 2.63. The molecular weight excluding hydrogens is 286 g/mol. The Morgan fingerprint density at radius 2 is 1.68 bits per heavy atom. The van der Waals surface area contributed by atoms with Crippen LogP contribution in [0.2, 0.25) is 0 Å². The Balaban J connectivity index is 2.40. The molecule has 0 amide bonds. The summed E-state index contributed by atoms with van der Waals surface area (Å²) in [5, 5.41) is 8.92. The Kier molecular flexibility index (Phi) is 5.69. The Labute approximate surface area is 137 Å². The minimum atomic E-state index is 0.0723.